The molecule has 0 radical (unpaired) electrons. The Bertz CT molecular complexity index is 802. The standard InChI is InChI=1S/C17H14N2O/c20-16-9-3-8-15-17(12-5-4-10-18-11-12)13-6-1-2-7-14(13)19(15)16/h1-2,4-7,10-11H,3,8-9H2. The maximum absolute atomic E-state index is 12.3. The third-order valence-corrected chi connectivity index (χ3v) is 3.98. The van der Waals surface area contributed by atoms with Gasteiger partial charge in [0, 0.05) is 41.0 Å². The molecule has 1 aromatic carbocycles. The molecule has 3 nitrogen and oxygen atoms in total. The molecule has 2 aromatic heterocycles. The number of aromatic nitrogens is 2. The third kappa shape index (κ3) is 1.53. The van der Waals surface area contributed by atoms with Gasteiger partial charge in [-0.05, 0) is 25.0 Å². The van der Waals surface area contributed by atoms with Gasteiger partial charge in [-0.2, -0.15) is 0 Å². The molecule has 20 heavy (non-hydrogen) atoms. The molecule has 0 saturated heterocycles. The van der Waals surface area contributed by atoms with Crippen LogP contribution >= 0.6 is 0 Å². The Morgan fingerprint density at radius 3 is 2.80 bits per heavy atom. The summed E-state index contributed by atoms with van der Waals surface area (Å²) in [5, 5.41) is 1.14. The number of benzene rings is 1. The highest BCUT2D eigenvalue weighted by Crippen LogP contribution is 2.37. The topological polar surface area (TPSA) is 34.9 Å². The van der Waals surface area contributed by atoms with Gasteiger partial charge in [-0.3, -0.25) is 14.3 Å². The van der Waals surface area contributed by atoms with Gasteiger partial charge in [-0.1, -0.05) is 24.3 Å². The Hall–Kier alpha value is -2.42. The summed E-state index contributed by atoms with van der Waals surface area (Å²) in [6, 6.07) is 12.1. The van der Waals surface area contributed by atoms with Gasteiger partial charge in [-0.15, -0.1) is 0 Å². The normalized spacial score (nSPS) is 14.5. The van der Waals surface area contributed by atoms with E-state index in [2.05, 4.69) is 17.1 Å². The molecule has 0 amide bonds. The number of hydrogen-bond donors (Lipinski definition) is 0. The molecule has 0 bridgehead atoms. The van der Waals surface area contributed by atoms with Crippen LogP contribution in [0.1, 0.15) is 23.3 Å². The number of carbonyl (C=O) groups is 1. The molecule has 0 N–H and O–H groups in total. The van der Waals surface area contributed by atoms with E-state index in [1.54, 1.807) is 6.20 Å². The maximum atomic E-state index is 12.3. The van der Waals surface area contributed by atoms with Crippen LogP contribution in [-0.4, -0.2) is 15.5 Å². The van der Waals surface area contributed by atoms with Gasteiger partial charge in [-0.25, -0.2) is 0 Å². The van der Waals surface area contributed by atoms with Gasteiger partial charge in [0.15, 0.2) is 0 Å². The number of carbonyl (C=O) groups excluding carboxylic acids is 1. The fourth-order valence-corrected chi connectivity index (χ4v) is 3.17. The van der Waals surface area contributed by atoms with Crippen LogP contribution in [0.2, 0.25) is 0 Å². The van der Waals surface area contributed by atoms with E-state index in [0.717, 1.165) is 35.0 Å². The summed E-state index contributed by atoms with van der Waals surface area (Å²) in [5.74, 6) is 0.206. The maximum Gasteiger partial charge on any atom is 0.231 e. The smallest absolute Gasteiger partial charge is 0.231 e. The molecule has 3 heteroatoms. The summed E-state index contributed by atoms with van der Waals surface area (Å²) < 4.78 is 1.90. The van der Waals surface area contributed by atoms with Crippen molar-refractivity contribution in [3.63, 3.8) is 0 Å². The average Bonchev–Trinajstić information content (AvgIpc) is 2.84. The molecular formula is C17H14N2O. The second kappa shape index (κ2) is 4.30. The van der Waals surface area contributed by atoms with Crippen molar-refractivity contribution in [2.24, 2.45) is 0 Å². The molecule has 0 saturated carbocycles. The van der Waals surface area contributed by atoms with Crippen LogP contribution in [0.5, 0.6) is 0 Å². The minimum atomic E-state index is 0.206. The van der Waals surface area contributed by atoms with Crippen LogP contribution < -0.4 is 0 Å². The first-order valence-corrected chi connectivity index (χ1v) is 6.92. The molecule has 4 rings (SSSR count). The van der Waals surface area contributed by atoms with Crippen molar-refractivity contribution >= 4 is 16.8 Å². The lowest BCUT2D eigenvalue weighted by molar-refractivity contribution is 0.0890. The monoisotopic (exact) mass is 262 g/mol. The molecule has 0 spiro atoms. The molecule has 0 atom stereocenters. The van der Waals surface area contributed by atoms with Crippen LogP contribution in [-0.2, 0) is 6.42 Å². The number of fused-ring (bicyclic) bond motifs is 3. The van der Waals surface area contributed by atoms with Gasteiger partial charge in [0.2, 0.25) is 5.91 Å². The van der Waals surface area contributed by atoms with Crippen LogP contribution in [0.15, 0.2) is 48.8 Å². The fourth-order valence-electron chi connectivity index (χ4n) is 3.17. The highest BCUT2D eigenvalue weighted by atomic mass is 16.2. The van der Waals surface area contributed by atoms with E-state index in [1.807, 2.05) is 35.0 Å². The molecule has 1 aliphatic heterocycles. The SMILES string of the molecule is O=C1CCCc2c(-c3cccnc3)c3ccccc3n21. The van der Waals surface area contributed by atoms with E-state index >= 15 is 0 Å². The van der Waals surface area contributed by atoms with E-state index in [1.165, 1.54) is 5.56 Å². The minimum Gasteiger partial charge on any atom is -0.284 e. The third-order valence-electron chi connectivity index (χ3n) is 3.98. The van der Waals surface area contributed by atoms with Crippen molar-refractivity contribution in [1.82, 2.24) is 9.55 Å². The van der Waals surface area contributed by atoms with E-state index in [4.69, 9.17) is 0 Å². The predicted octanol–water partition coefficient (Wildman–Crippen LogP) is 3.68. The molecule has 0 aliphatic carbocycles. The minimum absolute atomic E-state index is 0.206. The molecule has 0 unspecified atom stereocenters. The predicted molar refractivity (Wildman–Crippen MR) is 78.7 cm³/mol. The van der Waals surface area contributed by atoms with Gasteiger partial charge >= 0.3 is 0 Å². The first-order chi connectivity index (χ1) is 9.86. The van der Waals surface area contributed by atoms with Crippen LogP contribution in [0.25, 0.3) is 22.0 Å². The van der Waals surface area contributed by atoms with Crippen molar-refractivity contribution < 1.29 is 4.79 Å². The number of nitrogens with zero attached hydrogens (tertiary/aromatic N) is 2. The van der Waals surface area contributed by atoms with Gasteiger partial charge in [0.05, 0.1) is 5.52 Å². The molecule has 3 heterocycles. The van der Waals surface area contributed by atoms with E-state index in [-0.39, 0.29) is 5.91 Å². The summed E-state index contributed by atoms with van der Waals surface area (Å²) >= 11 is 0. The fraction of sp³-hybridized carbons (Fsp3) is 0.176. The molecule has 3 aromatic rings. The lowest BCUT2D eigenvalue weighted by Gasteiger charge is -2.15. The Labute approximate surface area is 116 Å². The summed E-state index contributed by atoms with van der Waals surface area (Å²) in [7, 11) is 0. The molecule has 0 fully saturated rings. The van der Waals surface area contributed by atoms with Crippen LogP contribution in [0.4, 0.5) is 0 Å². The summed E-state index contributed by atoms with van der Waals surface area (Å²) in [6.45, 7) is 0. The van der Waals surface area contributed by atoms with Gasteiger partial charge in [0.1, 0.15) is 0 Å². The number of rotatable bonds is 1. The zero-order valence-corrected chi connectivity index (χ0v) is 11.0. The van der Waals surface area contributed by atoms with Crippen molar-refractivity contribution in [2.75, 3.05) is 0 Å². The van der Waals surface area contributed by atoms with E-state index < -0.39 is 0 Å². The summed E-state index contributed by atoms with van der Waals surface area (Å²) in [4.78, 5) is 16.5. The Balaban J connectivity index is 2.13. The van der Waals surface area contributed by atoms with Crippen molar-refractivity contribution in [1.29, 1.82) is 0 Å². The quantitative estimate of drug-likeness (QED) is 0.670. The molecule has 1 aliphatic rings. The highest BCUT2D eigenvalue weighted by Gasteiger charge is 2.24. The first kappa shape index (κ1) is 11.4. The Kier molecular flexibility index (Phi) is 2.46. The molecular weight excluding hydrogens is 248 g/mol. The van der Waals surface area contributed by atoms with Crippen LogP contribution in [0, 0.1) is 0 Å². The lowest BCUT2D eigenvalue weighted by Crippen LogP contribution is -2.18. The summed E-state index contributed by atoms with van der Waals surface area (Å²) in [5.41, 5.74) is 4.41. The lowest BCUT2D eigenvalue weighted by atomic mass is 10.00. The largest absolute Gasteiger partial charge is 0.284 e. The Morgan fingerprint density at radius 1 is 1.05 bits per heavy atom. The zero-order valence-electron chi connectivity index (χ0n) is 11.0. The van der Waals surface area contributed by atoms with Crippen molar-refractivity contribution in [3.8, 4) is 11.1 Å². The van der Waals surface area contributed by atoms with Gasteiger partial charge in [0.25, 0.3) is 0 Å². The molecule has 98 valence electrons. The number of para-hydroxylation sites is 1. The first-order valence-electron chi connectivity index (χ1n) is 6.92. The highest BCUT2D eigenvalue weighted by molar-refractivity contribution is 6.04. The summed E-state index contributed by atoms with van der Waals surface area (Å²) in [6.07, 6.45) is 6.17. The van der Waals surface area contributed by atoms with Crippen molar-refractivity contribution in [3.05, 3.63) is 54.5 Å². The van der Waals surface area contributed by atoms with Crippen LogP contribution in [0.3, 0.4) is 0 Å². The Morgan fingerprint density at radius 2 is 1.95 bits per heavy atom. The number of pyridine rings is 1. The van der Waals surface area contributed by atoms with E-state index in [9.17, 15) is 4.79 Å². The second-order valence-corrected chi connectivity index (χ2v) is 5.16. The van der Waals surface area contributed by atoms with Crippen molar-refractivity contribution in [2.45, 2.75) is 19.3 Å². The van der Waals surface area contributed by atoms with E-state index in [0.29, 0.717) is 6.42 Å². The second-order valence-electron chi connectivity index (χ2n) is 5.16. The average molecular weight is 262 g/mol. The zero-order chi connectivity index (χ0) is 13.5. The van der Waals surface area contributed by atoms with Gasteiger partial charge < -0.3 is 0 Å². The number of hydrogen-bond acceptors (Lipinski definition) is 2.